The molecule has 0 saturated carbocycles. The molecule has 3 N–H and O–H groups in total. The Balaban J connectivity index is 1.58. The number of aromatic nitrogens is 1. The summed E-state index contributed by atoms with van der Waals surface area (Å²) in [7, 11) is 0. The zero-order valence-electron chi connectivity index (χ0n) is 16.0. The summed E-state index contributed by atoms with van der Waals surface area (Å²) in [5.74, 6) is 1.53. The third-order valence-electron chi connectivity index (χ3n) is 4.87. The van der Waals surface area contributed by atoms with Crippen LogP contribution in [0.2, 0.25) is 0 Å². The van der Waals surface area contributed by atoms with Gasteiger partial charge in [0.05, 0.1) is 0 Å². The van der Waals surface area contributed by atoms with Crippen LogP contribution in [0.1, 0.15) is 24.0 Å². The molecule has 0 atom stereocenters. The van der Waals surface area contributed by atoms with Crippen molar-refractivity contribution in [1.82, 2.24) is 15.6 Å². The van der Waals surface area contributed by atoms with E-state index in [4.69, 9.17) is 4.74 Å². The van der Waals surface area contributed by atoms with Crippen LogP contribution in [0.5, 0.6) is 5.75 Å². The van der Waals surface area contributed by atoms with E-state index in [0.29, 0.717) is 25.9 Å². The monoisotopic (exact) mass is 368 g/mol. The van der Waals surface area contributed by atoms with Gasteiger partial charge in [-0.05, 0) is 50.7 Å². The number of ether oxygens (including phenoxy) is 1. The van der Waals surface area contributed by atoms with Gasteiger partial charge in [0.15, 0.2) is 5.60 Å². The number of pyridine rings is 1. The second-order valence-electron chi connectivity index (χ2n) is 7.01. The third kappa shape index (κ3) is 4.98. The normalized spacial score (nSPS) is 15.8. The number of anilines is 1. The Morgan fingerprint density at radius 2 is 1.89 bits per heavy atom. The quantitative estimate of drug-likeness (QED) is 0.655. The van der Waals surface area contributed by atoms with Gasteiger partial charge < -0.3 is 20.7 Å². The van der Waals surface area contributed by atoms with Gasteiger partial charge in [0.25, 0.3) is 5.91 Å². The van der Waals surface area contributed by atoms with E-state index < -0.39 is 5.60 Å². The van der Waals surface area contributed by atoms with Gasteiger partial charge in [0.2, 0.25) is 0 Å². The third-order valence-corrected chi connectivity index (χ3v) is 4.87. The lowest BCUT2D eigenvalue weighted by Crippen LogP contribution is -2.57. The van der Waals surface area contributed by atoms with E-state index in [1.54, 1.807) is 6.20 Å². The summed E-state index contributed by atoms with van der Waals surface area (Å²) in [6.45, 7) is 6.71. The summed E-state index contributed by atoms with van der Waals surface area (Å²) >= 11 is 0. The van der Waals surface area contributed by atoms with Crippen molar-refractivity contribution in [3.8, 4) is 5.75 Å². The number of aryl methyl sites for hydroxylation is 2. The van der Waals surface area contributed by atoms with Crippen molar-refractivity contribution >= 4 is 11.7 Å². The molecule has 0 aliphatic carbocycles. The number of carbonyl (C=O) groups is 1. The first-order valence-electron chi connectivity index (χ1n) is 9.49. The Hall–Kier alpha value is -2.60. The molecule has 0 unspecified atom stereocenters. The number of benzene rings is 1. The second kappa shape index (κ2) is 8.86. The molecule has 1 aliphatic heterocycles. The predicted octanol–water partition coefficient (Wildman–Crippen LogP) is 2.43. The molecular formula is C21H28N4O2. The highest BCUT2D eigenvalue weighted by Gasteiger charge is 2.41. The molecule has 0 radical (unpaired) electrons. The van der Waals surface area contributed by atoms with Gasteiger partial charge in [-0.25, -0.2) is 4.98 Å². The Morgan fingerprint density at radius 1 is 1.15 bits per heavy atom. The molecule has 1 amide bonds. The van der Waals surface area contributed by atoms with Crippen LogP contribution < -0.4 is 20.7 Å². The number of hydrogen-bond donors (Lipinski definition) is 3. The molecule has 3 rings (SSSR count). The first-order chi connectivity index (χ1) is 13.1. The number of amides is 1. The fourth-order valence-electron chi connectivity index (χ4n) is 3.23. The Kier molecular flexibility index (Phi) is 6.29. The number of rotatable bonds is 7. The summed E-state index contributed by atoms with van der Waals surface area (Å²) in [4.78, 5) is 17.3. The van der Waals surface area contributed by atoms with Gasteiger partial charge in [0, 0.05) is 32.1 Å². The van der Waals surface area contributed by atoms with Crippen LogP contribution in [-0.4, -0.2) is 42.7 Å². The number of nitrogens with zero attached hydrogens (tertiary/aromatic N) is 1. The number of hydrogen-bond acceptors (Lipinski definition) is 5. The van der Waals surface area contributed by atoms with Gasteiger partial charge in [-0.1, -0.05) is 23.8 Å². The lowest BCUT2D eigenvalue weighted by Gasteiger charge is -2.36. The van der Waals surface area contributed by atoms with Crippen molar-refractivity contribution in [2.45, 2.75) is 32.3 Å². The standard InChI is InChI=1S/C21H28N4O2/c1-16-5-7-18(8-6-16)27-21(9-12-22-13-10-21)20(26)25-15-14-24-19-17(2)4-3-11-23-19/h3-8,11,22H,9-10,12-15H2,1-2H3,(H,23,24)(H,25,26). The average molecular weight is 368 g/mol. The lowest BCUT2D eigenvalue weighted by molar-refractivity contribution is -0.139. The largest absolute Gasteiger partial charge is 0.477 e. The van der Waals surface area contributed by atoms with Gasteiger partial charge in [-0.3, -0.25) is 4.79 Å². The van der Waals surface area contributed by atoms with Crippen LogP contribution >= 0.6 is 0 Å². The van der Waals surface area contributed by atoms with Crippen LogP contribution in [-0.2, 0) is 4.79 Å². The highest BCUT2D eigenvalue weighted by molar-refractivity contribution is 5.85. The highest BCUT2D eigenvalue weighted by Crippen LogP contribution is 2.27. The van der Waals surface area contributed by atoms with E-state index in [9.17, 15) is 4.79 Å². The summed E-state index contributed by atoms with van der Waals surface area (Å²) in [6.07, 6.45) is 3.06. The molecule has 0 spiro atoms. The van der Waals surface area contributed by atoms with Gasteiger partial charge in [-0.2, -0.15) is 0 Å². The van der Waals surface area contributed by atoms with Crippen molar-refractivity contribution in [1.29, 1.82) is 0 Å². The Morgan fingerprint density at radius 3 is 2.59 bits per heavy atom. The summed E-state index contributed by atoms with van der Waals surface area (Å²) < 4.78 is 6.21. The number of nitrogens with one attached hydrogen (secondary N) is 3. The van der Waals surface area contributed by atoms with E-state index in [2.05, 4.69) is 20.9 Å². The maximum atomic E-state index is 13.0. The summed E-state index contributed by atoms with van der Waals surface area (Å²) in [5, 5.41) is 9.60. The molecule has 1 aromatic carbocycles. The molecule has 27 heavy (non-hydrogen) atoms. The van der Waals surface area contributed by atoms with Gasteiger partial charge >= 0.3 is 0 Å². The molecule has 2 aromatic rings. The minimum atomic E-state index is -0.818. The first-order valence-corrected chi connectivity index (χ1v) is 9.49. The summed E-state index contributed by atoms with van der Waals surface area (Å²) in [6, 6.07) is 11.8. The van der Waals surface area contributed by atoms with E-state index in [-0.39, 0.29) is 5.91 Å². The van der Waals surface area contributed by atoms with E-state index in [0.717, 1.165) is 30.2 Å². The first kappa shape index (κ1) is 19.2. The maximum absolute atomic E-state index is 13.0. The van der Waals surface area contributed by atoms with Crippen molar-refractivity contribution < 1.29 is 9.53 Å². The lowest BCUT2D eigenvalue weighted by atomic mass is 9.91. The fourth-order valence-corrected chi connectivity index (χ4v) is 3.23. The second-order valence-corrected chi connectivity index (χ2v) is 7.01. The molecule has 1 aliphatic rings. The van der Waals surface area contributed by atoms with Crippen LogP contribution in [0.3, 0.4) is 0 Å². The molecule has 1 aromatic heterocycles. The molecule has 0 bridgehead atoms. The molecule has 6 heteroatoms. The Labute approximate surface area is 160 Å². The zero-order valence-corrected chi connectivity index (χ0v) is 16.0. The van der Waals surface area contributed by atoms with Crippen LogP contribution in [0, 0.1) is 13.8 Å². The molecule has 1 saturated heterocycles. The van der Waals surface area contributed by atoms with E-state index >= 15 is 0 Å². The van der Waals surface area contributed by atoms with E-state index in [1.165, 1.54) is 5.56 Å². The smallest absolute Gasteiger partial charge is 0.264 e. The van der Waals surface area contributed by atoms with E-state index in [1.807, 2.05) is 50.2 Å². The van der Waals surface area contributed by atoms with Crippen LogP contribution in [0.15, 0.2) is 42.6 Å². The maximum Gasteiger partial charge on any atom is 0.264 e. The minimum Gasteiger partial charge on any atom is -0.477 e. The molecule has 1 fully saturated rings. The highest BCUT2D eigenvalue weighted by atomic mass is 16.5. The zero-order chi connectivity index (χ0) is 19.1. The van der Waals surface area contributed by atoms with Crippen LogP contribution in [0.25, 0.3) is 0 Å². The SMILES string of the molecule is Cc1ccc(OC2(C(=O)NCCNc3ncccc3C)CCNCC2)cc1. The predicted molar refractivity (Wildman–Crippen MR) is 107 cm³/mol. The van der Waals surface area contributed by atoms with Crippen molar-refractivity contribution in [3.63, 3.8) is 0 Å². The van der Waals surface area contributed by atoms with Gasteiger partial charge in [-0.15, -0.1) is 0 Å². The summed E-state index contributed by atoms with van der Waals surface area (Å²) in [5.41, 5.74) is 1.44. The van der Waals surface area contributed by atoms with Gasteiger partial charge in [0.1, 0.15) is 11.6 Å². The average Bonchev–Trinajstić information content (AvgIpc) is 2.69. The number of piperidine rings is 1. The van der Waals surface area contributed by atoms with Crippen molar-refractivity contribution in [2.75, 3.05) is 31.5 Å². The van der Waals surface area contributed by atoms with Crippen molar-refractivity contribution in [3.05, 3.63) is 53.7 Å². The molecule has 2 heterocycles. The molecular weight excluding hydrogens is 340 g/mol. The molecule has 144 valence electrons. The topological polar surface area (TPSA) is 75.3 Å². The van der Waals surface area contributed by atoms with Crippen LogP contribution in [0.4, 0.5) is 5.82 Å². The fraction of sp³-hybridized carbons (Fsp3) is 0.429. The number of carbonyl (C=O) groups excluding carboxylic acids is 1. The molecule has 6 nitrogen and oxygen atoms in total. The minimum absolute atomic E-state index is 0.0517. The Bertz CT molecular complexity index is 755. The van der Waals surface area contributed by atoms with Crippen molar-refractivity contribution in [2.24, 2.45) is 0 Å².